The maximum atomic E-state index is 5.32. The zero-order valence-electron chi connectivity index (χ0n) is 13.2. The van der Waals surface area contributed by atoms with Crippen LogP contribution >= 0.6 is 35.3 Å². The van der Waals surface area contributed by atoms with E-state index in [1.54, 1.807) is 17.6 Å². The van der Waals surface area contributed by atoms with Crippen LogP contribution in [-0.4, -0.2) is 24.0 Å². The van der Waals surface area contributed by atoms with E-state index in [4.69, 9.17) is 4.42 Å². The molecule has 2 N–H and O–H groups in total. The molecular weight excluding hydrogens is 423 g/mol. The Labute approximate surface area is 158 Å². The molecule has 0 saturated carbocycles. The molecule has 0 aliphatic rings. The number of halogens is 1. The van der Waals surface area contributed by atoms with E-state index >= 15 is 0 Å². The molecule has 7 heteroatoms. The third kappa shape index (κ3) is 7.17. The van der Waals surface area contributed by atoms with Crippen LogP contribution in [0, 0.1) is 0 Å². The molecule has 0 aromatic carbocycles. The van der Waals surface area contributed by atoms with Gasteiger partial charge < -0.3 is 15.1 Å². The smallest absolute Gasteiger partial charge is 0.191 e. The lowest BCUT2D eigenvalue weighted by Crippen LogP contribution is -2.38. The van der Waals surface area contributed by atoms with E-state index in [2.05, 4.69) is 34.1 Å². The van der Waals surface area contributed by atoms with Crippen LogP contribution in [0.15, 0.2) is 46.7 Å². The summed E-state index contributed by atoms with van der Waals surface area (Å²) in [6, 6.07) is 3.87. The molecule has 0 radical (unpaired) electrons. The fourth-order valence-electron chi connectivity index (χ4n) is 1.83. The second-order valence-corrected chi connectivity index (χ2v) is 5.86. The molecule has 0 aliphatic carbocycles. The molecule has 23 heavy (non-hydrogen) atoms. The van der Waals surface area contributed by atoms with E-state index in [-0.39, 0.29) is 24.0 Å². The number of nitrogens with one attached hydrogen (secondary N) is 2. The van der Waals surface area contributed by atoms with Crippen LogP contribution in [0.3, 0.4) is 0 Å². The van der Waals surface area contributed by atoms with E-state index in [1.165, 1.54) is 4.88 Å². The molecule has 2 rings (SSSR count). The topological polar surface area (TPSA) is 62.5 Å². The Hall–Kier alpha value is -1.35. The summed E-state index contributed by atoms with van der Waals surface area (Å²) in [6.45, 7) is 7.86. The van der Waals surface area contributed by atoms with Gasteiger partial charge in [0.25, 0.3) is 0 Å². The van der Waals surface area contributed by atoms with Crippen molar-refractivity contribution in [1.82, 2.24) is 15.6 Å². The van der Waals surface area contributed by atoms with Gasteiger partial charge in [-0.05, 0) is 18.6 Å². The van der Waals surface area contributed by atoms with Crippen molar-refractivity contribution in [2.45, 2.75) is 26.3 Å². The maximum Gasteiger partial charge on any atom is 0.191 e. The number of hydrogen-bond acceptors (Lipinski definition) is 4. The van der Waals surface area contributed by atoms with Crippen LogP contribution < -0.4 is 10.6 Å². The number of aryl methyl sites for hydroxylation is 1. The van der Waals surface area contributed by atoms with Gasteiger partial charge in [0, 0.05) is 30.6 Å². The molecule has 0 unspecified atom stereocenters. The van der Waals surface area contributed by atoms with Gasteiger partial charge >= 0.3 is 0 Å². The number of rotatable bonds is 8. The summed E-state index contributed by atoms with van der Waals surface area (Å²) < 4.78 is 5.32. The minimum Gasteiger partial charge on any atom is -0.469 e. The molecule has 2 heterocycles. The van der Waals surface area contributed by atoms with Crippen LogP contribution in [-0.2, 0) is 19.4 Å². The molecular formula is C16H23IN4OS. The first-order valence-corrected chi connectivity index (χ1v) is 8.22. The number of thiazole rings is 1. The number of hydrogen-bond donors (Lipinski definition) is 2. The highest BCUT2D eigenvalue weighted by Gasteiger charge is 2.02. The highest BCUT2D eigenvalue weighted by Crippen LogP contribution is 2.13. The van der Waals surface area contributed by atoms with Crippen molar-refractivity contribution in [3.8, 4) is 0 Å². The SMILES string of the molecule is C=CCNC(=NCc1ncc(CC)s1)NCCc1ccco1.I. The van der Waals surface area contributed by atoms with Gasteiger partial charge in [-0.15, -0.1) is 41.9 Å². The summed E-state index contributed by atoms with van der Waals surface area (Å²) >= 11 is 1.71. The molecule has 0 amide bonds. The first-order chi connectivity index (χ1) is 10.8. The Morgan fingerprint density at radius 1 is 1.48 bits per heavy atom. The van der Waals surface area contributed by atoms with Crippen LogP contribution in [0.4, 0.5) is 0 Å². The fraction of sp³-hybridized carbons (Fsp3) is 0.375. The lowest BCUT2D eigenvalue weighted by Gasteiger charge is -2.10. The summed E-state index contributed by atoms with van der Waals surface area (Å²) in [7, 11) is 0. The van der Waals surface area contributed by atoms with E-state index in [0.717, 1.165) is 36.1 Å². The van der Waals surface area contributed by atoms with Crippen molar-refractivity contribution in [2.24, 2.45) is 4.99 Å². The number of aliphatic imine (C=N–C) groups is 1. The molecule has 0 spiro atoms. The largest absolute Gasteiger partial charge is 0.469 e. The minimum absolute atomic E-state index is 0. The quantitative estimate of drug-likeness (QED) is 0.283. The molecule has 5 nitrogen and oxygen atoms in total. The van der Waals surface area contributed by atoms with Crippen LogP contribution in [0.1, 0.15) is 22.6 Å². The van der Waals surface area contributed by atoms with E-state index in [0.29, 0.717) is 13.1 Å². The summed E-state index contributed by atoms with van der Waals surface area (Å²) in [6.07, 6.45) is 7.26. The van der Waals surface area contributed by atoms with Crippen molar-refractivity contribution in [3.05, 3.63) is 52.9 Å². The third-order valence-corrected chi connectivity index (χ3v) is 4.11. The molecule has 126 valence electrons. The average Bonchev–Trinajstić information content (AvgIpc) is 3.20. The number of nitrogens with zero attached hydrogens (tertiary/aromatic N) is 2. The lowest BCUT2D eigenvalue weighted by molar-refractivity contribution is 0.507. The van der Waals surface area contributed by atoms with Gasteiger partial charge in [-0.3, -0.25) is 0 Å². The van der Waals surface area contributed by atoms with Crippen LogP contribution in [0.2, 0.25) is 0 Å². The second-order valence-electron chi connectivity index (χ2n) is 4.66. The third-order valence-electron chi connectivity index (χ3n) is 2.98. The monoisotopic (exact) mass is 446 g/mol. The molecule has 2 aromatic heterocycles. The highest BCUT2D eigenvalue weighted by atomic mass is 127. The zero-order valence-corrected chi connectivity index (χ0v) is 16.4. The van der Waals surface area contributed by atoms with Gasteiger partial charge in [0.2, 0.25) is 0 Å². The van der Waals surface area contributed by atoms with Gasteiger partial charge in [0.15, 0.2) is 5.96 Å². The Bertz CT molecular complexity index is 595. The normalized spacial score (nSPS) is 10.9. The standard InChI is InChI=1S/C16H22N4OS.HI/c1-3-8-17-16(18-9-7-13-6-5-10-21-13)20-12-15-19-11-14(4-2)22-15;/h3,5-6,10-11H,1,4,7-9,12H2,2H3,(H2,17,18,20);1H. The average molecular weight is 446 g/mol. The highest BCUT2D eigenvalue weighted by molar-refractivity contribution is 14.0. The summed E-state index contributed by atoms with van der Waals surface area (Å²) in [5.74, 6) is 1.72. The Morgan fingerprint density at radius 3 is 3.00 bits per heavy atom. The Kier molecular flexibility index (Phi) is 9.61. The molecule has 0 fully saturated rings. The zero-order chi connectivity index (χ0) is 15.6. The van der Waals surface area contributed by atoms with E-state index in [9.17, 15) is 0 Å². The van der Waals surface area contributed by atoms with Crippen molar-refractivity contribution >= 4 is 41.3 Å². The number of guanidine groups is 1. The van der Waals surface area contributed by atoms with Gasteiger partial charge in [-0.2, -0.15) is 0 Å². The van der Waals surface area contributed by atoms with E-state index < -0.39 is 0 Å². The first kappa shape index (κ1) is 19.7. The van der Waals surface area contributed by atoms with Crippen molar-refractivity contribution in [1.29, 1.82) is 0 Å². The lowest BCUT2D eigenvalue weighted by atomic mass is 10.3. The Balaban J connectivity index is 0.00000264. The summed E-state index contributed by atoms with van der Waals surface area (Å²) in [5.41, 5.74) is 0. The predicted molar refractivity (Wildman–Crippen MR) is 107 cm³/mol. The molecule has 2 aromatic rings. The van der Waals surface area contributed by atoms with Gasteiger partial charge in [-0.25, -0.2) is 9.98 Å². The van der Waals surface area contributed by atoms with Crippen LogP contribution in [0.5, 0.6) is 0 Å². The van der Waals surface area contributed by atoms with E-state index in [1.807, 2.05) is 24.4 Å². The molecule has 0 bridgehead atoms. The number of furan rings is 1. The first-order valence-electron chi connectivity index (χ1n) is 7.41. The Morgan fingerprint density at radius 2 is 2.35 bits per heavy atom. The molecule has 0 atom stereocenters. The summed E-state index contributed by atoms with van der Waals surface area (Å²) in [4.78, 5) is 10.2. The van der Waals surface area contributed by atoms with Crippen molar-refractivity contribution < 1.29 is 4.42 Å². The van der Waals surface area contributed by atoms with Gasteiger partial charge in [0.05, 0.1) is 12.8 Å². The molecule has 0 saturated heterocycles. The van der Waals surface area contributed by atoms with Crippen molar-refractivity contribution in [3.63, 3.8) is 0 Å². The number of aromatic nitrogens is 1. The van der Waals surface area contributed by atoms with Crippen molar-refractivity contribution in [2.75, 3.05) is 13.1 Å². The van der Waals surface area contributed by atoms with Crippen LogP contribution in [0.25, 0.3) is 0 Å². The second kappa shape index (κ2) is 11.2. The predicted octanol–water partition coefficient (Wildman–Crippen LogP) is 3.38. The summed E-state index contributed by atoms with van der Waals surface area (Å²) in [5, 5.41) is 7.53. The molecule has 0 aliphatic heterocycles. The maximum absolute atomic E-state index is 5.32. The van der Waals surface area contributed by atoms with Gasteiger partial charge in [0.1, 0.15) is 10.8 Å². The fourth-order valence-corrected chi connectivity index (χ4v) is 2.62. The minimum atomic E-state index is 0. The van der Waals surface area contributed by atoms with Gasteiger partial charge in [-0.1, -0.05) is 13.0 Å².